The van der Waals surface area contributed by atoms with Crippen LogP contribution in [0.1, 0.15) is 130 Å². The zero-order valence-corrected chi connectivity index (χ0v) is 33.2. The molecule has 4 saturated carbocycles. The highest BCUT2D eigenvalue weighted by atomic mass is 16.6. The minimum atomic E-state index is -0.158. The Morgan fingerprint density at radius 1 is 0.566 bits per heavy atom. The smallest absolute Gasteiger partial charge is 0.305 e. The summed E-state index contributed by atoms with van der Waals surface area (Å²) in [6.07, 6.45) is 20.0. The second kappa shape index (κ2) is 18.3. The van der Waals surface area contributed by atoms with Gasteiger partial charge in [-0.15, -0.1) is 0 Å². The number of esters is 2. The maximum Gasteiger partial charge on any atom is 0.305 e. The Bertz CT molecular complexity index is 1080. The third-order valence-electron chi connectivity index (χ3n) is 14.5. The number of hydrogen-bond donors (Lipinski definition) is 0. The van der Waals surface area contributed by atoms with Crippen LogP contribution in [0.2, 0.25) is 0 Å². The topological polar surface area (TPSA) is 121 Å². The fourth-order valence-corrected chi connectivity index (χ4v) is 10.0. The molecular formula is C43H70O10. The number of hydrogen-bond acceptors (Lipinski definition) is 10. The van der Waals surface area contributed by atoms with Crippen LogP contribution in [0.3, 0.4) is 0 Å². The fourth-order valence-electron chi connectivity index (χ4n) is 10.0. The highest BCUT2D eigenvalue weighted by Crippen LogP contribution is 2.49. The fraction of sp³-hybridized carbons (Fsp3) is 0.953. The summed E-state index contributed by atoms with van der Waals surface area (Å²) in [6, 6.07) is 0. The van der Waals surface area contributed by atoms with E-state index in [0.717, 1.165) is 63.9 Å². The number of unbranched alkanes of at least 4 members (excludes halogenated alkanes) is 1. The zero-order chi connectivity index (χ0) is 37.0. The van der Waals surface area contributed by atoms with Gasteiger partial charge in [-0.1, -0.05) is 27.7 Å². The Labute approximate surface area is 318 Å². The molecule has 0 bridgehead atoms. The Hall–Kier alpha value is -1.30. The second-order valence-corrected chi connectivity index (χ2v) is 18.8. The van der Waals surface area contributed by atoms with Gasteiger partial charge in [0.2, 0.25) is 0 Å². The Kier molecular flexibility index (Phi) is 13.8. The summed E-state index contributed by atoms with van der Waals surface area (Å²) in [5.41, 5.74) is 0.454. The third kappa shape index (κ3) is 12.1. The molecule has 8 fully saturated rings. The second-order valence-electron chi connectivity index (χ2n) is 18.8. The van der Waals surface area contributed by atoms with Crippen molar-refractivity contribution >= 4 is 11.9 Å². The Balaban J connectivity index is 0.000000165. The Morgan fingerprint density at radius 2 is 0.943 bits per heavy atom. The van der Waals surface area contributed by atoms with Gasteiger partial charge in [0.15, 0.2) is 0 Å². The van der Waals surface area contributed by atoms with E-state index in [9.17, 15) is 9.59 Å². The van der Waals surface area contributed by atoms with E-state index in [4.69, 9.17) is 37.9 Å². The molecule has 0 aromatic rings. The molecule has 0 amide bonds. The van der Waals surface area contributed by atoms with E-state index >= 15 is 0 Å². The maximum absolute atomic E-state index is 12.0. The first-order chi connectivity index (χ1) is 25.6. The molecule has 4 saturated heterocycles. The lowest BCUT2D eigenvalue weighted by Crippen LogP contribution is -2.39. The predicted octanol–water partition coefficient (Wildman–Crippen LogP) is 7.22. The summed E-state index contributed by atoms with van der Waals surface area (Å²) in [4.78, 5) is 23.9. The quantitative estimate of drug-likeness (QED) is 0.0857. The third-order valence-corrected chi connectivity index (χ3v) is 14.5. The molecule has 8 rings (SSSR count). The van der Waals surface area contributed by atoms with Gasteiger partial charge in [0, 0.05) is 12.8 Å². The SMILES string of the molecule is CC(C)(C1CCC(OCC2CO2)CC1)C1CCC(OCC2CO2)CC1.CC1CC2OC2CC1COC(=O)CCCCC(=O)OCC1CC2OC2CC1C. The molecule has 0 radical (unpaired) electrons. The monoisotopic (exact) mass is 746 g/mol. The van der Waals surface area contributed by atoms with E-state index < -0.39 is 0 Å². The summed E-state index contributed by atoms with van der Waals surface area (Å²) in [5.74, 6) is 3.33. The van der Waals surface area contributed by atoms with Crippen LogP contribution in [0.5, 0.6) is 0 Å². The number of ether oxygens (including phenoxy) is 8. The highest BCUT2D eigenvalue weighted by molar-refractivity contribution is 5.70. The molecule has 8 aliphatic rings. The van der Waals surface area contributed by atoms with Gasteiger partial charge in [0.1, 0.15) is 12.2 Å². The van der Waals surface area contributed by atoms with Crippen molar-refractivity contribution in [3.05, 3.63) is 0 Å². The van der Waals surface area contributed by atoms with E-state index in [1.165, 1.54) is 51.4 Å². The first-order valence-electron chi connectivity index (χ1n) is 21.7. The first-order valence-corrected chi connectivity index (χ1v) is 21.7. The van der Waals surface area contributed by atoms with Gasteiger partial charge in [-0.25, -0.2) is 0 Å². The minimum Gasteiger partial charge on any atom is -0.465 e. The van der Waals surface area contributed by atoms with Crippen LogP contribution in [-0.4, -0.2) is 100 Å². The van der Waals surface area contributed by atoms with E-state index in [0.29, 0.717) is 117 Å². The van der Waals surface area contributed by atoms with E-state index in [-0.39, 0.29) is 11.9 Å². The molecule has 10 heteroatoms. The van der Waals surface area contributed by atoms with Crippen LogP contribution in [0, 0.1) is 40.9 Å². The molecule has 0 spiro atoms. The molecule has 0 aromatic carbocycles. The minimum absolute atomic E-state index is 0.158. The first kappa shape index (κ1) is 39.9. The van der Waals surface area contributed by atoms with Crippen molar-refractivity contribution < 1.29 is 47.5 Å². The Morgan fingerprint density at radius 3 is 1.32 bits per heavy atom. The predicted molar refractivity (Wildman–Crippen MR) is 198 cm³/mol. The standard InChI is InChI=1S/C22H34O6.C21H36O4/c1-13-7-17-19(27-17)9-15(13)11-25-21(23)5-3-4-6-22(24)26-12-16-10-20-18(28-20)8-14(16)2;1-21(2,15-3-7-17(8-4-15)22-11-19-13-24-19)16-5-9-18(10-6-16)23-12-20-14-25-20/h13-20H,3-12H2,1-2H3;15-20H,3-14H2,1-2H3. The van der Waals surface area contributed by atoms with Crippen LogP contribution in [0.4, 0.5) is 0 Å². The van der Waals surface area contributed by atoms with Crippen LogP contribution in [0.25, 0.3) is 0 Å². The van der Waals surface area contributed by atoms with Crippen molar-refractivity contribution in [3.8, 4) is 0 Å². The normalized spacial score (nSPS) is 41.1. The average Bonchev–Trinajstić information content (AvgIpc) is 3.95. The largest absolute Gasteiger partial charge is 0.465 e. The van der Waals surface area contributed by atoms with Gasteiger partial charge in [0.25, 0.3) is 0 Å². The molecule has 53 heavy (non-hydrogen) atoms. The lowest BCUT2D eigenvalue weighted by atomic mass is 9.60. The molecular weight excluding hydrogens is 676 g/mol. The van der Waals surface area contributed by atoms with Gasteiger partial charge < -0.3 is 37.9 Å². The average molecular weight is 747 g/mol. The van der Waals surface area contributed by atoms with E-state index in [1.807, 2.05) is 0 Å². The van der Waals surface area contributed by atoms with Gasteiger partial charge in [-0.3, -0.25) is 9.59 Å². The highest BCUT2D eigenvalue weighted by Gasteiger charge is 2.48. The van der Waals surface area contributed by atoms with Crippen molar-refractivity contribution in [2.24, 2.45) is 40.9 Å². The molecule has 0 aromatic heterocycles. The van der Waals surface area contributed by atoms with Gasteiger partial charge in [-0.05, 0) is 131 Å². The van der Waals surface area contributed by atoms with Crippen LogP contribution < -0.4 is 0 Å². The summed E-state index contributed by atoms with van der Waals surface area (Å²) < 4.78 is 44.6. The van der Waals surface area contributed by atoms with Crippen LogP contribution >= 0.6 is 0 Å². The summed E-state index contributed by atoms with van der Waals surface area (Å²) in [7, 11) is 0. The molecule has 4 aliphatic heterocycles. The number of fused-ring (bicyclic) bond motifs is 2. The van der Waals surface area contributed by atoms with Crippen molar-refractivity contribution in [2.75, 3.05) is 39.6 Å². The lowest BCUT2D eigenvalue weighted by molar-refractivity contribution is -0.148. The molecule has 0 N–H and O–H groups in total. The molecule has 302 valence electrons. The van der Waals surface area contributed by atoms with Crippen molar-refractivity contribution in [1.82, 2.24) is 0 Å². The zero-order valence-electron chi connectivity index (χ0n) is 33.2. The summed E-state index contributed by atoms with van der Waals surface area (Å²) in [5, 5.41) is 0. The number of rotatable bonds is 17. The number of carbonyl (C=O) groups excluding carboxylic acids is 2. The van der Waals surface area contributed by atoms with E-state index in [2.05, 4.69) is 27.7 Å². The van der Waals surface area contributed by atoms with Gasteiger partial charge in [-0.2, -0.15) is 0 Å². The molecule has 4 heterocycles. The van der Waals surface area contributed by atoms with Gasteiger partial charge in [0.05, 0.1) is 76.3 Å². The van der Waals surface area contributed by atoms with Crippen molar-refractivity contribution in [1.29, 1.82) is 0 Å². The van der Waals surface area contributed by atoms with E-state index in [1.54, 1.807) is 0 Å². The molecule has 10 atom stereocenters. The molecule has 10 unspecified atom stereocenters. The summed E-state index contributed by atoms with van der Waals surface area (Å²) in [6.45, 7) is 13.9. The lowest BCUT2D eigenvalue weighted by Gasteiger charge is -2.46. The maximum atomic E-state index is 12.0. The molecule has 4 aliphatic carbocycles. The molecule has 10 nitrogen and oxygen atoms in total. The van der Waals surface area contributed by atoms with Crippen molar-refractivity contribution in [2.45, 2.75) is 179 Å². The van der Waals surface area contributed by atoms with Gasteiger partial charge >= 0.3 is 11.9 Å². The number of carbonyl (C=O) groups is 2. The van der Waals surface area contributed by atoms with Crippen molar-refractivity contribution in [3.63, 3.8) is 0 Å². The summed E-state index contributed by atoms with van der Waals surface area (Å²) >= 11 is 0. The number of epoxide rings is 4. The van der Waals surface area contributed by atoms with Crippen LogP contribution in [-0.2, 0) is 47.5 Å². The van der Waals surface area contributed by atoms with Crippen LogP contribution in [0.15, 0.2) is 0 Å².